The van der Waals surface area contributed by atoms with Gasteiger partial charge in [0.15, 0.2) is 0 Å². The second kappa shape index (κ2) is 6.08. The van der Waals surface area contributed by atoms with Crippen LogP contribution in [0.4, 0.5) is 5.69 Å². The van der Waals surface area contributed by atoms with Crippen LogP contribution in [-0.2, 0) is 14.6 Å². The van der Waals surface area contributed by atoms with Gasteiger partial charge in [-0.25, -0.2) is 13.2 Å². The summed E-state index contributed by atoms with van der Waals surface area (Å²) in [5.74, 6) is -1.59. The van der Waals surface area contributed by atoms with Crippen molar-refractivity contribution in [1.82, 2.24) is 0 Å². The molecular weight excluding hydrogens is 306 g/mol. The van der Waals surface area contributed by atoms with Gasteiger partial charge >= 0.3 is 5.97 Å². The van der Waals surface area contributed by atoms with Gasteiger partial charge in [-0.1, -0.05) is 6.07 Å². The second-order valence-electron chi connectivity index (χ2n) is 5.70. The van der Waals surface area contributed by atoms with Crippen molar-refractivity contribution in [3.8, 4) is 0 Å². The molecule has 0 saturated carbocycles. The number of anilines is 1. The minimum Gasteiger partial charge on any atom is -0.478 e. The molecule has 7 heteroatoms. The van der Waals surface area contributed by atoms with Crippen LogP contribution in [0.15, 0.2) is 12.1 Å². The van der Waals surface area contributed by atoms with E-state index in [2.05, 4.69) is 5.32 Å². The number of hydrogen-bond acceptors (Lipinski definition) is 4. The van der Waals surface area contributed by atoms with E-state index in [-0.39, 0.29) is 28.9 Å². The Morgan fingerprint density at radius 2 is 1.73 bits per heavy atom. The molecule has 0 radical (unpaired) electrons. The molecule has 0 unspecified atom stereocenters. The summed E-state index contributed by atoms with van der Waals surface area (Å²) in [6.45, 7) is 3.49. The molecule has 1 fully saturated rings. The van der Waals surface area contributed by atoms with Crippen LogP contribution in [0.3, 0.4) is 0 Å². The molecule has 2 rings (SSSR count). The van der Waals surface area contributed by atoms with Crippen molar-refractivity contribution in [2.45, 2.75) is 26.7 Å². The molecule has 0 atom stereocenters. The first-order valence-electron chi connectivity index (χ1n) is 7.05. The first kappa shape index (κ1) is 16.5. The molecule has 1 aliphatic rings. The summed E-state index contributed by atoms with van der Waals surface area (Å²) in [4.78, 5) is 23.4. The maximum absolute atomic E-state index is 12.2. The third-order valence-corrected chi connectivity index (χ3v) is 5.70. The summed E-state index contributed by atoms with van der Waals surface area (Å²) >= 11 is 0. The van der Waals surface area contributed by atoms with E-state index in [1.54, 1.807) is 19.9 Å². The van der Waals surface area contributed by atoms with Crippen molar-refractivity contribution in [3.63, 3.8) is 0 Å². The van der Waals surface area contributed by atoms with Gasteiger partial charge in [0.2, 0.25) is 5.91 Å². The fourth-order valence-electron chi connectivity index (χ4n) is 2.60. The van der Waals surface area contributed by atoms with Gasteiger partial charge in [0.1, 0.15) is 9.84 Å². The lowest BCUT2D eigenvalue weighted by molar-refractivity contribution is -0.120. The van der Waals surface area contributed by atoms with E-state index in [4.69, 9.17) is 5.11 Å². The molecule has 1 aromatic rings. The molecule has 120 valence electrons. The van der Waals surface area contributed by atoms with E-state index >= 15 is 0 Å². The largest absolute Gasteiger partial charge is 0.478 e. The van der Waals surface area contributed by atoms with Gasteiger partial charge in [-0.2, -0.15) is 0 Å². The number of aromatic carboxylic acids is 1. The molecule has 22 heavy (non-hydrogen) atoms. The monoisotopic (exact) mass is 325 g/mol. The van der Waals surface area contributed by atoms with Crippen LogP contribution in [0.1, 0.15) is 34.3 Å². The third kappa shape index (κ3) is 3.65. The fraction of sp³-hybridized carbons (Fsp3) is 0.467. The predicted octanol–water partition coefficient (Wildman–Crippen LogP) is 1.76. The average Bonchev–Trinajstić information content (AvgIpc) is 2.41. The Kier molecular flexibility index (Phi) is 4.55. The molecular formula is C15H19NO5S. The highest BCUT2D eigenvalue weighted by molar-refractivity contribution is 7.91. The molecule has 1 heterocycles. The quantitative estimate of drug-likeness (QED) is 0.882. The van der Waals surface area contributed by atoms with E-state index in [9.17, 15) is 18.0 Å². The lowest BCUT2D eigenvalue weighted by atomic mass is 10.00. The zero-order valence-electron chi connectivity index (χ0n) is 12.5. The lowest BCUT2D eigenvalue weighted by Gasteiger charge is -2.22. The van der Waals surface area contributed by atoms with Gasteiger partial charge in [0.05, 0.1) is 17.1 Å². The highest BCUT2D eigenvalue weighted by Gasteiger charge is 2.28. The molecule has 2 N–H and O–H groups in total. The summed E-state index contributed by atoms with van der Waals surface area (Å²) in [6.07, 6.45) is 0.621. The summed E-state index contributed by atoms with van der Waals surface area (Å²) in [5, 5.41) is 11.9. The van der Waals surface area contributed by atoms with E-state index in [0.29, 0.717) is 24.1 Å². The van der Waals surface area contributed by atoms with Gasteiger partial charge in [0.25, 0.3) is 0 Å². The van der Waals surface area contributed by atoms with Crippen LogP contribution in [0.5, 0.6) is 0 Å². The van der Waals surface area contributed by atoms with E-state index < -0.39 is 15.8 Å². The van der Waals surface area contributed by atoms with Crippen molar-refractivity contribution in [1.29, 1.82) is 0 Å². The zero-order valence-corrected chi connectivity index (χ0v) is 13.4. The van der Waals surface area contributed by atoms with Crippen molar-refractivity contribution >= 4 is 27.4 Å². The lowest BCUT2D eigenvalue weighted by Crippen LogP contribution is -2.32. The summed E-state index contributed by atoms with van der Waals surface area (Å²) in [7, 11) is -3.01. The van der Waals surface area contributed by atoms with Crippen molar-refractivity contribution < 1.29 is 23.1 Å². The van der Waals surface area contributed by atoms with Crippen LogP contribution in [-0.4, -0.2) is 36.9 Å². The number of carboxylic acids is 1. The Morgan fingerprint density at radius 1 is 1.14 bits per heavy atom. The standard InChI is InChI=1S/C15H19NO5S/c1-9-7-10(2)13(8-12(9)15(18)19)16-14(17)11-3-5-22(20,21)6-4-11/h7-8,11H,3-6H2,1-2H3,(H,16,17)(H,18,19). The van der Waals surface area contributed by atoms with Crippen molar-refractivity contribution in [2.24, 2.45) is 5.92 Å². The summed E-state index contributed by atoms with van der Waals surface area (Å²) in [5.41, 5.74) is 2.01. The van der Waals surface area contributed by atoms with Gasteiger partial charge < -0.3 is 10.4 Å². The third-order valence-electron chi connectivity index (χ3n) is 3.99. The number of carbonyl (C=O) groups is 2. The Labute approximate surface area is 129 Å². The smallest absolute Gasteiger partial charge is 0.336 e. The number of carboxylic acid groups (broad SMARTS) is 1. The Hall–Kier alpha value is -1.89. The summed E-state index contributed by atoms with van der Waals surface area (Å²) in [6, 6.07) is 3.16. The molecule has 1 aliphatic heterocycles. The zero-order chi connectivity index (χ0) is 16.5. The highest BCUT2D eigenvalue weighted by Crippen LogP contribution is 2.24. The number of rotatable bonds is 3. The molecule has 1 saturated heterocycles. The maximum Gasteiger partial charge on any atom is 0.336 e. The summed E-state index contributed by atoms with van der Waals surface area (Å²) < 4.78 is 22.8. The molecule has 1 aromatic carbocycles. The molecule has 0 aliphatic carbocycles. The number of benzene rings is 1. The SMILES string of the molecule is Cc1cc(C)c(C(=O)O)cc1NC(=O)C1CCS(=O)(=O)CC1. The van der Waals surface area contributed by atoms with Crippen molar-refractivity contribution in [2.75, 3.05) is 16.8 Å². The topological polar surface area (TPSA) is 101 Å². The first-order chi connectivity index (χ1) is 10.2. The molecule has 0 bridgehead atoms. The fourth-order valence-corrected chi connectivity index (χ4v) is 4.10. The maximum atomic E-state index is 12.2. The Balaban J connectivity index is 2.15. The molecule has 1 amide bonds. The predicted molar refractivity (Wildman–Crippen MR) is 82.9 cm³/mol. The van der Waals surface area contributed by atoms with Gasteiger partial charge in [-0.15, -0.1) is 0 Å². The number of carbonyl (C=O) groups excluding carboxylic acids is 1. The highest BCUT2D eigenvalue weighted by atomic mass is 32.2. The minimum atomic E-state index is -3.01. The van der Waals surface area contributed by atoms with Crippen LogP contribution in [0.2, 0.25) is 0 Å². The van der Waals surface area contributed by atoms with Gasteiger partial charge in [-0.05, 0) is 43.9 Å². The normalized spacial score (nSPS) is 17.9. The van der Waals surface area contributed by atoms with Gasteiger partial charge in [-0.3, -0.25) is 4.79 Å². The number of aryl methyl sites for hydroxylation is 2. The number of hydrogen-bond donors (Lipinski definition) is 2. The van der Waals surface area contributed by atoms with Crippen LogP contribution < -0.4 is 5.32 Å². The van der Waals surface area contributed by atoms with Crippen molar-refractivity contribution in [3.05, 3.63) is 28.8 Å². The minimum absolute atomic E-state index is 0.0261. The Bertz CT molecular complexity index is 710. The van der Waals surface area contributed by atoms with Crippen LogP contribution in [0.25, 0.3) is 0 Å². The van der Waals surface area contributed by atoms with E-state index in [1.165, 1.54) is 6.07 Å². The average molecular weight is 325 g/mol. The Morgan fingerprint density at radius 3 is 2.27 bits per heavy atom. The van der Waals surface area contributed by atoms with E-state index in [1.807, 2.05) is 0 Å². The molecule has 0 spiro atoms. The first-order valence-corrected chi connectivity index (χ1v) is 8.87. The van der Waals surface area contributed by atoms with Gasteiger partial charge in [0, 0.05) is 11.6 Å². The molecule has 6 nitrogen and oxygen atoms in total. The van der Waals surface area contributed by atoms with Crippen LogP contribution >= 0.6 is 0 Å². The molecule has 0 aromatic heterocycles. The number of sulfone groups is 1. The number of nitrogens with one attached hydrogen (secondary N) is 1. The van der Waals surface area contributed by atoms with E-state index in [0.717, 1.165) is 5.56 Å². The second-order valence-corrected chi connectivity index (χ2v) is 8.01. The van der Waals surface area contributed by atoms with Crippen LogP contribution in [0, 0.1) is 19.8 Å². The number of amides is 1.